The number of amides is 1. The Hall–Kier alpha value is -2.09. The Bertz CT molecular complexity index is 991. The molecule has 3 aliphatic rings. The van der Waals surface area contributed by atoms with Gasteiger partial charge in [-0.15, -0.1) is 0 Å². The van der Waals surface area contributed by atoms with E-state index >= 15 is 0 Å². The number of anilines is 1. The molecule has 4 atom stereocenters. The van der Waals surface area contributed by atoms with Crippen LogP contribution in [0.15, 0.2) is 24.4 Å². The van der Waals surface area contributed by atoms with Crippen molar-refractivity contribution in [1.29, 1.82) is 0 Å². The quantitative estimate of drug-likeness (QED) is 0.675. The topological polar surface area (TPSA) is 65.0 Å². The fourth-order valence-electron chi connectivity index (χ4n) is 5.90. The summed E-state index contributed by atoms with van der Waals surface area (Å²) >= 11 is 0. The normalized spacial score (nSPS) is 27.8. The highest BCUT2D eigenvalue weighted by molar-refractivity contribution is 5.98. The van der Waals surface area contributed by atoms with Crippen LogP contribution in [0.25, 0.3) is 10.9 Å². The van der Waals surface area contributed by atoms with Gasteiger partial charge in [-0.25, -0.2) is 0 Å². The number of nitrogens with zero attached hydrogens (tertiary/aromatic N) is 2. The summed E-state index contributed by atoms with van der Waals surface area (Å²) in [7, 11) is 2.06. The Kier molecular flexibility index (Phi) is 7.14. The molecular weight excluding hydrogens is 430 g/mol. The van der Waals surface area contributed by atoms with Crippen molar-refractivity contribution in [3.8, 4) is 0 Å². The number of rotatable bonds is 7. The van der Waals surface area contributed by atoms with Crippen molar-refractivity contribution in [2.24, 2.45) is 17.8 Å². The number of carbonyl (C=O) groups excluding carboxylic acids is 1. The van der Waals surface area contributed by atoms with Crippen molar-refractivity contribution in [2.75, 3.05) is 51.6 Å². The van der Waals surface area contributed by atoms with Crippen LogP contribution in [0.2, 0.25) is 0 Å². The third-order valence-corrected chi connectivity index (χ3v) is 7.65. The third kappa shape index (κ3) is 4.83. The van der Waals surface area contributed by atoms with Crippen LogP contribution in [-0.2, 0) is 32.0 Å². The molecule has 4 heterocycles. The first kappa shape index (κ1) is 23.6. The molecule has 2 unspecified atom stereocenters. The molecule has 1 N–H and O–H groups in total. The van der Waals surface area contributed by atoms with Gasteiger partial charge in [0.15, 0.2) is 0 Å². The zero-order valence-corrected chi connectivity index (χ0v) is 20.8. The molecule has 0 bridgehead atoms. The highest BCUT2D eigenvalue weighted by atomic mass is 16.5. The minimum atomic E-state index is -0.242. The van der Waals surface area contributed by atoms with Crippen molar-refractivity contribution in [2.45, 2.75) is 51.7 Å². The summed E-state index contributed by atoms with van der Waals surface area (Å²) in [5, 5.41) is 4.60. The highest BCUT2D eigenvalue weighted by Gasteiger charge is 2.33. The average molecular weight is 470 g/mol. The lowest BCUT2D eigenvalue weighted by molar-refractivity contribution is -0.124. The number of hydrogen-bond acceptors (Lipinski definition) is 5. The Morgan fingerprint density at radius 3 is 2.59 bits per heavy atom. The summed E-state index contributed by atoms with van der Waals surface area (Å²) < 4.78 is 19.7. The number of likely N-dealkylation sites (N-methyl/N-ethyl adjacent to an activating group) is 1. The van der Waals surface area contributed by atoms with Crippen LogP contribution in [-0.4, -0.2) is 69.2 Å². The number of aromatic nitrogens is 1. The summed E-state index contributed by atoms with van der Waals surface area (Å²) in [6.07, 6.45) is 5.23. The highest BCUT2D eigenvalue weighted by Crippen LogP contribution is 2.35. The van der Waals surface area contributed by atoms with E-state index in [9.17, 15) is 4.79 Å². The van der Waals surface area contributed by atoms with E-state index < -0.39 is 0 Å². The Balaban J connectivity index is 1.48. The molecular formula is C27H39N3O4. The van der Waals surface area contributed by atoms with Gasteiger partial charge in [-0.2, -0.15) is 0 Å². The van der Waals surface area contributed by atoms with E-state index in [1.54, 1.807) is 0 Å². The third-order valence-electron chi connectivity index (χ3n) is 7.65. The first-order valence-electron chi connectivity index (χ1n) is 12.9. The van der Waals surface area contributed by atoms with Crippen molar-refractivity contribution in [3.63, 3.8) is 0 Å². The molecule has 7 heteroatoms. The monoisotopic (exact) mass is 469 g/mol. The van der Waals surface area contributed by atoms with E-state index in [4.69, 9.17) is 14.2 Å². The molecule has 0 spiro atoms. The summed E-state index contributed by atoms with van der Waals surface area (Å²) in [4.78, 5) is 15.6. The van der Waals surface area contributed by atoms with Gasteiger partial charge in [-0.05, 0) is 42.9 Å². The largest absolute Gasteiger partial charge is 0.381 e. The van der Waals surface area contributed by atoms with Crippen molar-refractivity contribution in [1.82, 2.24) is 9.88 Å². The average Bonchev–Trinajstić information content (AvgIpc) is 3.56. The van der Waals surface area contributed by atoms with Gasteiger partial charge in [0.05, 0.1) is 38.0 Å². The van der Waals surface area contributed by atoms with Gasteiger partial charge in [-0.3, -0.25) is 4.79 Å². The molecule has 1 aromatic heterocycles. The lowest BCUT2D eigenvalue weighted by Gasteiger charge is -2.33. The number of carbonyl (C=O) groups is 1. The zero-order valence-electron chi connectivity index (χ0n) is 20.8. The van der Waals surface area contributed by atoms with Crippen LogP contribution >= 0.6 is 0 Å². The van der Waals surface area contributed by atoms with Crippen LogP contribution < -0.4 is 10.2 Å². The fraction of sp³-hybridized carbons (Fsp3) is 0.667. The molecule has 2 fully saturated rings. The summed E-state index contributed by atoms with van der Waals surface area (Å²) in [6, 6.07) is 6.19. The zero-order chi connectivity index (χ0) is 23.7. The second-order valence-corrected chi connectivity index (χ2v) is 10.7. The van der Waals surface area contributed by atoms with E-state index in [2.05, 4.69) is 60.1 Å². The predicted molar refractivity (Wildman–Crippen MR) is 133 cm³/mol. The molecule has 1 amide bonds. The van der Waals surface area contributed by atoms with E-state index in [0.29, 0.717) is 25.0 Å². The van der Waals surface area contributed by atoms with E-state index in [1.165, 1.54) is 16.5 Å². The second kappa shape index (κ2) is 10.3. The summed E-state index contributed by atoms with van der Waals surface area (Å²) in [5.41, 5.74) is 3.65. The maximum Gasteiger partial charge on any atom is 0.243 e. The van der Waals surface area contributed by atoms with Gasteiger partial charge >= 0.3 is 0 Å². The molecule has 3 aliphatic heterocycles. The molecule has 7 nitrogen and oxygen atoms in total. The Labute approximate surface area is 202 Å². The first-order chi connectivity index (χ1) is 16.5. The molecule has 0 radical (unpaired) electrons. The summed E-state index contributed by atoms with van der Waals surface area (Å²) in [5.74, 6) is 1.27. The molecule has 5 rings (SSSR count). The molecule has 186 valence electrons. The lowest BCUT2D eigenvalue weighted by Crippen LogP contribution is -2.52. The Morgan fingerprint density at radius 2 is 1.88 bits per heavy atom. The standard InChI is InChI=1S/C27H39N3O4/c1-18(2)26-27(31)28-22(17-34-16-20-8-10-33-15-20)11-21-13-30(12-19-7-9-32-14-19)24-6-4-5-23(25(21)24)29(26)3/h4-6,13,18-20,22,26H,7-12,14-17H2,1-3H3,(H,28,31)/t19?,20?,22-,26-/m0/s1. The minimum Gasteiger partial charge on any atom is -0.381 e. The molecule has 0 saturated carbocycles. The van der Waals surface area contributed by atoms with Crippen LogP contribution in [0, 0.1) is 17.8 Å². The number of ether oxygens (including phenoxy) is 3. The van der Waals surface area contributed by atoms with Gasteiger partial charge < -0.3 is 29.0 Å². The van der Waals surface area contributed by atoms with E-state index in [0.717, 1.165) is 57.9 Å². The van der Waals surface area contributed by atoms with Gasteiger partial charge in [-0.1, -0.05) is 19.9 Å². The van der Waals surface area contributed by atoms with Crippen molar-refractivity contribution >= 4 is 22.5 Å². The first-order valence-corrected chi connectivity index (χ1v) is 12.9. The van der Waals surface area contributed by atoms with Crippen LogP contribution in [0.3, 0.4) is 0 Å². The molecule has 2 aromatic rings. The van der Waals surface area contributed by atoms with Crippen molar-refractivity contribution < 1.29 is 19.0 Å². The molecule has 0 aliphatic carbocycles. The molecule has 2 saturated heterocycles. The number of benzene rings is 1. The van der Waals surface area contributed by atoms with Crippen LogP contribution in [0.5, 0.6) is 0 Å². The maximum atomic E-state index is 13.4. The SMILES string of the molecule is CC(C)[C@H]1C(=O)N[C@H](COCC2CCOC2)Cc2cn(CC3CCOC3)c3cccc(c23)N1C. The van der Waals surface area contributed by atoms with Gasteiger partial charge in [0.2, 0.25) is 5.91 Å². The summed E-state index contributed by atoms with van der Waals surface area (Å²) in [6.45, 7) is 9.71. The lowest BCUT2D eigenvalue weighted by atomic mass is 10.0. The van der Waals surface area contributed by atoms with Gasteiger partial charge in [0, 0.05) is 55.9 Å². The van der Waals surface area contributed by atoms with Crippen LogP contribution in [0.4, 0.5) is 5.69 Å². The van der Waals surface area contributed by atoms with Gasteiger partial charge in [0.25, 0.3) is 0 Å². The number of nitrogens with one attached hydrogen (secondary N) is 1. The van der Waals surface area contributed by atoms with E-state index in [1.807, 2.05) is 0 Å². The smallest absolute Gasteiger partial charge is 0.243 e. The number of hydrogen-bond donors (Lipinski definition) is 1. The van der Waals surface area contributed by atoms with E-state index in [-0.39, 0.29) is 23.9 Å². The maximum absolute atomic E-state index is 13.4. The van der Waals surface area contributed by atoms with Gasteiger partial charge in [0.1, 0.15) is 6.04 Å². The minimum absolute atomic E-state index is 0.0653. The predicted octanol–water partition coefficient (Wildman–Crippen LogP) is 3.23. The Morgan fingerprint density at radius 1 is 1.12 bits per heavy atom. The van der Waals surface area contributed by atoms with Crippen molar-refractivity contribution in [3.05, 3.63) is 30.0 Å². The molecule has 34 heavy (non-hydrogen) atoms. The second-order valence-electron chi connectivity index (χ2n) is 10.7. The van der Waals surface area contributed by atoms with Crippen LogP contribution in [0.1, 0.15) is 32.3 Å². The fourth-order valence-corrected chi connectivity index (χ4v) is 5.90. The molecule has 1 aromatic carbocycles.